The Morgan fingerprint density at radius 2 is 2.00 bits per heavy atom. The molecule has 0 spiro atoms. The summed E-state index contributed by atoms with van der Waals surface area (Å²) in [5.41, 5.74) is 2.21. The van der Waals surface area contributed by atoms with Crippen LogP contribution >= 0.6 is 0 Å². The predicted molar refractivity (Wildman–Crippen MR) is 52.7 cm³/mol. The molecule has 1 rings (SSSR count). The van der Waals surface area contributed by atoms with Crippen LogP contribution in [0.4, 0.5) is 18.9 Å². The molecule has 3 N–H and O–H groups in total. The average Bonchev–Trinajstić information content (AvgIpc) is 2.25. The van der Waals surface area contributed by atoms with Gasteiger partial charge < -0.3 is 10.8 Å². The van der Waals surface area contributed by atoms with Crippen LogP contribution in [0.3, 0.4) is 0 Å². The van der Waals surface area contributed by atoms with Crippen molar-refractivity contribution in [1.82, 2.24) is 0 Å². The fraction of sp³-hybridized carbons (Fsp3) is 0.222. The zero-order valence-electron chi connectivity index (χ0n) is 8.64. The van der Waals surface area contributed by atoms with E-state index in [9.17, 15) is 28.1 Å². The van der Waals surface area contributed by atoms with Crippen molar-refractivity contribution in [2.75, 3.05) is 0 Å². The highest BCUT2D eigenvalue weighted by atomic mass is 19.4. The van der Waals surface area contributed by atoms with E-state index in [1.54, 1.807) is 0 Å². The number of hydrogen-bond donors (Lipinski definition) is 2. The van der Waals surface area contributed by atoms with E-state index in [4.69, 9.17) is 10.8 Å². The minimum atomic E-state index is -4.89. The van der Waals surface area contributed by atoms with Gasteiger partial charge >= 0.3 is 12.1 Å². The first-order valence-corrected chi connectivity index (χ1v) is 4.48. The number of hydrogen-bond acceptors (Lipinski definition) is 4. The Hall–Kier alpha value is -2.16. The Labute approximate surface area is 98.0 Å². The summed E-state index contributed by atoms with van der Waals surface area (Å²) in [6.07, 6.45) is -4.89. The minimum absolute atomic E-state index is 0.276. The molecule has 0 aliphatic heterocycles. The lowest BCUT2D eigenvalue weighted by atomic mass is 10.0. The molecule has 0 unspecified atom stereocenters. The van der Waals surface area contributed by atoms with Crippen molar-refractivity contribution in [1.29, 1.82) is 0 Å². The van der Waals surface area contributed by atoms with Crippen molar-refractivity contribution < 1.29 is 28.0 Å². The highest BCUT2D eigenvalue weighted by Gasteiger charge is 2.38. The molecule has 0 radical (unpaired) electrons. The van der Waals surface area contributed by atoms with Crippen LogP contribution in [0, 0.1) is 10.1 Å². The van der Waals surface area contributed by atoms with Gasteiger partial charge in [-0.3, -0.25) is 14.9 Å². The summed E-state index contributed by atoms with van der Waals surface area (Å²) >= 11 is 0. The Balaban J connectivity index is 3.37. The van der Waals surface area contributed by atoms with Crippen LogP contribution in [0.15, 0.2) is 18.2 Å². The second kappa shape index (κ2) is 4.61. The predicted octanol–water partition coefficient (Wildman–Crippen LogP) is 1.70. The fourth-order valence-electron chi connectivity index (χ4n) is 1.28. The van der Waals surface area contributed by atoms with E-state index in [-0.39, 0.29) is 5.56 Å². The first kappa shape index (κ1) is 13.9. The van der Waals surface area contributed by atoms with Crippen molar-refractivity contribution in [2.24, 2.45) is 5.73 Å². The summed E-state index contributed by atoms with van der Waals surface area (Å²) in [4.78, 5) is 19.8. The standard InChI is InChI=1S/C9H7F3N2O4/c10-9(11,12)5-2-1-4(7(13)8(15)16)3-6(5)14(17)18/h1-3,7H,13H2,(H,15,16)/t7-/m1/s1. The van der Waals surface area contributed by atoms with Gasteiger partial charge in [0, 0.05) is 6.07 Å². The fourth-order valence-corrected chi connectivity index (χ4v) is 1.28. The molecule has 18 heavy (non-hydrogen) atoms. The van der Waals surface area contributed by atoms with Gasteiger partial charge in [0.25, 0.3) is 5.69 Å². The van der Waals surface area contributed by atoms with E-state index >= 15 is 0 Å². The zero-order chi connectivity index (χ0) is 14.1. The molecule has 0 fully saturated rings. The Morgan fingerprint density at radius 3 is 2.39 bits per heavy atom. The number of carboxylic acid groups (broad SMARTS) is 1. The van der Waals surface area contributed by atoms with E-state index in [1.807, 2.05) is 0 Å². The quantitative estimate of drug-likeness (QED) is 0.638. The van der Waals surface area contributed by atoms with Gasteiger partial charge in [-0.2, -0.15) is 13.2 Å². The number of nitrogens with zero attached hydrogens (tertiary/aromatic N) is 1. The molecular formula is C9H7F3N2O4. The van der Waals surface area contributed by atoms with Gasteiger partial charge in [-0.15, -0.1) is 0 Å². The molecule has 0 bridgehead atoms. The van der Waals surface area contributed by atoms with Crippen LogP contribution in [0.2, 0.25) is 0 Å². The molecule has 98 valence electrons. The number of nitro groups is 1. The smallest absolute Gasteiger partial charge is 0.422 e. The van der Waals surface area contributed by atoms with Gasteiger partial charge in [0.05, 0.1) is 4.92 Å². The number of carbonyl (C=O) groups is 1. The maximum Gasteiger partial charge on any atom is 0.422 e. The van der Waals surface area contributed by atoms with E-state index in [2.05, 4.69) is 0 Å². The van der Waals surface area contributed by atoms with Gasteiger partial charge in [-0.1, -0.05) is 6.07 Å². The molecular weight excluding hydrogens is 257 g/mol. The molecule has 0 aliphatic rings. The van der Waals surface area contributed by atoms with Crippen LogP contribution < -0.4 is 5.73 Å². The van der Waals surface area contributed by atoms with Crippen molar-refractivity contribution >= 4 is 11.7 Å². The van der Waals surface area contributed by atoms with Crippen LogP contribution in [0.1, 0.15) is 17.2 Å². The van der Waals surface area contributed by atoms with Crippen molar-refractivity contribution in [3.05, 3.63) is 39.4 Å². The van der Waals surface area contributed by atoms with Crippen LogP contribution in [-0.2, 0) is 11.0 Å². The molecule has 9 heteroatoms. The van der Waals surface area contributed by atoms with Gasteiger partial charge in [0.15, 0.2) is 0 Å². The third kappa shape index (κ3) is 2.74. The number of nitrogens with two attached hydrogens (primary N) is 1. The summed E-state index contributed by atoms with van der Waals surface area (Å²) in [6.45, 7) is 0. The SMILES string of the molecule is N[C@@H](C(=O)O)c1ccc(C(F)(F)F)c([N+](=O)[O-])c1. The number of nitro benzene ring substituents is 1. The third-order valence-electron chi connectivity index (χ3n) is 2.15. The zero-order valence-corrected chi connectivity index (χ0v) is 8.64. The number of rotatable bonds is 3. The summed E-state index contributed by atoms with van der Waals surface area (Å²) in [5.74, 6) is -1.50. The summed E-state index contributed by atoms with van der Waals surface area (Å²) in [6, 6.07) is 0.137. The minimum Gasteiger partial charge on any atom is -0.480 e. The number of aliphatic carboxylic acids is 1. The van der Waals surface area contributed by atoms with E-state index in [0.717, 1.165) is 6.07 Å². The summed E-state index contributed by atoms with van der Waals surface area (Å²) < 4.78 is 37.3. The van der Waals surface area contributed by atoms with E-state index in [1.165, 1.54) is 0 Å². The van der Waals surface area contributed by atoms with Gasteiger partial charge in [-0.05, 0) is 11.6 Å². The van der Waals surface area contributed by atoms with E-state index < -0.39 is 34.4 Å². The summed E-state index contributed by atoms with van der Waals surface area (Å²) in [7, 11) is 0. The largest absolute Gasteiger partial charge is 0.480 e. The molecule has 1 atom stereocenters. The first-order valence-electron chi connectivity index (χ1n) is 4.48. The number of carboxylic acids is 1. The molecule has 0 aliphatic carbocycles. The van der Waals surface area contributed by atoms with Crippen LogP contribution in [0.5, 0.6) is 0 Å². The second-order valence-corrected chi connectivity index (χ2v) is 3.35. The van der Waals surface area contributed by atoms with E-state index in [0.29, 0.717) is 12.1 Å². The highest BCUT2D eigenvalue weighted by Crippen LogP contribution is 2.37. The Bertz CT molecular complexity index is 501. The molecule has 1 aromatic rings. The van der Waals surface area contributed by atoms with Crippen molar-refractivity contribution in [3.8, 4) is 0 Å². The summed E-state index contributed by atoms with van der Waals surface area (Å²) in [5, 5.41) is 19.1. The maximum atomic E-state index is 12.4. The number of alkyl halides is 3. The molecule has 1 aromatic carbocycles. The van der Waals surface area contributed by atoms with Gasteiger partial charge in [-0.25, -0.2) is 0 Å². The maximum absolute atomic E-state index is 12.4. The topological polar surface area (TPSA) is 106 Å². The molecule has 0 amide bonds. The van der Waals surface area contributed by atoms with Gasteiger partial charge in [0.1, 0.15) is 11.6 Å². The van der Waals surface area contributed by atoms with Crippen molar-refractivity contribution in [3.63, 3.8) is 0 Å². The Morgan fingerprint density at radius 1 is 1.44 bits per heavy atom. The first-order chi connectivity index (χ1) is 8.14. The average molecular weight is 264 g/mol. The molecule has 6 nitrogen and oxygen atoms in total. The number of halogens is 3. The second-order valence-electron chi connectivity index (χ2n) is 3.35. The van der Waals surface area contributed by atoms with Crippen LogP contribution in [0.25, 0.3) is 0 Å². The lowest BCUT2D eigenvalue weighted by Crippen LogP contribution is -2.21. The van der Waals surface area contributed by atoms with Gasteiger partial charge in [0.2, 0.25) is 0 Å². The molecule has 0 heterocycles. The monoisotopic (exact) mass is 264 g/mol. The van der Waals surface area contributed by atoms with Crippen molar-refractivity contribution in [2.45, 2.75) is 12.2 Å². The molecule has 0 saturated carbocycles. The Kier molecular flexibility index (Phi) is 3.56. The molecule has 0 aromatic heterocycles. The highest BCUT2D eigenvalue weighted by molar-refractivity contribution is 5.75. The number of benzene rings is 1. The third-order valence-corrected chi connectivity index (χ3v) is 2.15. The normalized spacial score (nSPS) is 13.1. The van der Waals surface area contributed by atoms with Crippen LogP contribution in [-0.4, -0.2) is 16.0 Å². The lowest BCUT2D eigenvalue weighted by Gasteiger charge is -2.10. The lowest BCUT2D eigenvalue weighted by molar-refractivity contribution is -0.388. The molecule has 0 saturated heterocycles.